The molecule has 0 unspecified atom stereocenters. The Morgan fingerprint density at radius 3 is 2.87 bits per heavy atom. The molecule has 1 fully saturated rings. The van der Waals surface area contributed by atoms with Crippen molar-refractivity contribution in [2.24, 2.45) is 7.05 Å². The molecule has 1 saturated heterocycles. The van der Waals surface area contributed by atoms with E-state index < -0.39 is 0 Å². The highest BCUT2D eigenvalue weighted by molar-refractivity contribution is 4.94. The molecule has 2 rings (SSSR count). The number of hydrogen-bond donors (Lipinski definition) is 1. The number of imidazole rings is 1. The highest BCUT2D eigenvalue weighted by Gasteiger charge is 2.24. The highest BCUT2D eigenvalue weighted by Crippen LogP contribution is 2.10. The number of aryl methyl sites for hydroxylation is 1. The first-order valence-corrected chi connectivity index (χ1v) is 5.72. The second kappa shape index (κ2) is 4.77. The molecule has 0 aliphatic carbocycles. The van der Waals surface area contributed by atoms with Gasteiger partial charge < -0.3 is 9.88 Å². The minimum Gasteiger partial charge on any atom is -0.337 e. The summed E-state index contributed by atoms with van der Waals surface area (Å²) in [5.74, 6) is 1.16. The van der Waals surface area contributed by atoms with Gasteiger partial charge in [0.05, 0.1) is 6.54 Å². The van der Waals surface area contributed by atoms with Crippen LogP contribution < -0.4 is 5.32 Å². The zero-order valence-corrected chi connectivity index (χ0v) is 9.61. The average Bonchev–Trinajstić information content (AvgIpc) is 2.49. The van der Waals surface area contributed by atoms with Crippen LogP contribution in [0.5, 0.6) is 0 Å². The monoisotopic (exact) mass is 208 g/mol. The smallest absolute Gasteiger partial charge is 0.122 e. The molecule has 0 bridgehead atoms. The first-order chi connectivity index (χ1) is 7.31. The van der Waals surface area contributed by atoms with Crippen molar-refractivity contribution in [3.63, 3.8) is 0 Å². The summed E-state index contributed by atoms with van der Waals surface area (Å²) in [6, 6.07) is 0.710. The molecule has 0 spiro atoms. The molecule has 84 valence electrons. The standard InChI is InChI=1S/C11H20N4/c1-3-5-15(10-7-12-8-10)9-11-13-4-6-14(11)2/h4,6,10,12H,3,5,7-9H2,1-2H3. The van der Waals surface area contributed by atoms with Crippen molar-refractivity contribution in [2.75, 3.05) is 19.6 Å². The third kappa shape index (κ3) is 2.38. The molecule has 0 amide bonds. The van der Waals surface area contributed by atoms with Gasteiger partial charge in [-0.05, 0) is 13.0 Å². The van der Waals surface area contributed by atoms with E-state index in [1.54, 1.807) is 0 Å². The highest BCUT2D eigenvalue weighted by atomic mass is 15.2. The largest absolute Gasteiger partial charge is 0.337 e. The van der Waals surface area contributed by atoms with Crippen LogP contribution in [-0.4, -0.2) is 40.1 Å². The van der Waals surface area contributed by atoms with Crippen LogP contribution in [0.15, 0.2) is 12.4 Å². The van der Waals surface area contributed by atoms with Gasteiger partial charge in [0, 0.05) is 38.6 Å². The number of hydrogen-bond acceptors (Lipinski definition) is 3. The van der Waals surface area contributed by atoms with Gasteiger partial charge in [-0.2, -0.15) is 0 Å². The van der Waals surface area contributed by atoms with E-state index in [4.69, 9.17) is 0 Å². The van der Waals surface area contributed by atoms with Crippen LogP contribution in [-0.2, 0) is 13.6 Å². The topological polar surface area (TPSA) is 33.1 Å². The minimum absolute atomic E-state index is 0.710. The summed E-state index contributed by atoms with van der Waals surface area (Å²) in [7, 11) is 2.06. The van der Waals surface area contributed by atoms with Crippen LogP contribution in [0.25, 0.3) is 0 Å². The van der Waals surface area contributed by atoms with Crippen molar-refractivity contribution in [1.82, 2.24) is 19.8 Å². The lowest BCUT2D eigenvalue weighted by molar-refractivity contribution is 0.133. The van der Waals surface area contributed by atoms with Crippen LogP contribution in [0.2, 0.25) is 0 Å². The predicted octanol–water partition coefficient (Wildman–Crippen LogP) is 0.604. The molecule has 0 atom stereocenters. The van der Waals surface area contributed by atoms with Crippen molar-refractivity contribution in [3.8, 4) is 0 Å². The molecule has 1 N–H and O–H groups in total. The minimum atomic E-state index is 0.710. The molecule has 0 radical (unpaired) electrons. The van der Waals surface area contributed by atoms with Crippen molar-refractivity contribution in [3.05, 3.63) is 18.2 Å². The molecule has 15 heavy (non-hydrogen) atoms. The molecular formula is C11H20N4. The van der Waals surface area contributed by atoms with Gasteiger partial charge in [0.1, 0.15) is 5.82 Å². The summed E-state index contributed by atoms with van der Waals surface area (Å²) in [6.07, 6.45) is 5.10. The van der Waals surface area contributed by atoms with E-state index in [1.165, 1.54) is 13.0 Å². The summed E-state index contributed by atoms with van der Waals surface area (Å²) >= 11 is 0. The number of aromatic nitrogens is 2. The van der Waals surface area contributed by atoms with Crippen LogP contribution in [0.1, 0.15) is 19.2 Å². The fourth-order valence-electron chi connectivity index (χ4n) is 1.94. The normalized spacial score (nSPS) is 17.0. The van der Waals surface area contributed by atoms with Crippen LogP contribution in [0, 0.1) is 0 Å². The Balaban J connectivity index is 1.96. The Bertz CT molecular complexity index is 303. The maximum atomic E-state index is 4.38. The van der Waals surface area contributed by atoms with Crippen LogP contribution in [0.4, 0.5) is 0 Å². The zero-order chi connectivity index (χ0) is 10.7. The van der Waals surface area contributed by atoms with Crippen LogP contribution >= 0.6 is 0 Å². The second-order valence-electron chi connectivity index (χ2n) is 4.24. The summed E-state index contributed by atoms with van der Waals surface area (Å²) in [4.78, 5) is 6.91. The molecule has 0 aromatic carbocycles. The van der Waals surface area contributed by atoms with E-state index in [2.05, 4.69) is 33.7 Å². The Hall–Kier alpha value is -0.870. The fraction of sp³-hybridized carbons (Fsp3) is 0.727. The number of rotatable bonds is 5. The second-order valence-corrected chi connectivity index (χ2v) is 4.24. The lowest BCUT2D eigenvalue weighted by Gasteiger charge is -2.37. The van der Waals surface area contributed by atoms with Gasteiger partial charge in [0.25, 0.3) is 0 Å². The summed E-state index contributed by atoms with van der Waals surface area (Å²) in [6.45, 7) is 6.63. The Labute approximate surface area is 91.3 Å². The van der Waals surface area contributed by atoms with Gasteiger partial charge >= 0.3 is 0 Å². The lowest BCUT2D eigenvalue weighted by Crippen LogP contribution is -2.57. The Kier molecular flexibility index (Phi) is 3.38. The van der Waals surface area contributed by atoms with Crippen molar-refractivity contribution >= 4 is 0 Å². The van der Waals surface area contributed by atoms with Crippen molar-refractivity contribution in [1.29, 1.82) is 0 Å². The van der Waals surface area contributed by atoms with E-state index in [0.717, 1.165) is 25.5 Å². The van der Waals surface area contributed by atoms with Gasteiger partial charge in [0.15, 0.2) is 0 Å². The lowest BCUT2D eigenvalue weighted by atomic mass is 10.1. The van der Waals surface area contributed by atoms with Gasteiger partial charge in [-0.1, -0.05) is 6.92 Å². The molecule has 1 aliphatic heterocycles. The quantitative estimate of drug-likeness (QED) is 0.769. The third-order valence-electron chi connectivity index (χ3n) is 3.05. The van der Waals surface area contributed by atoms with Gasteiger partial charge in [0.2, 0.25) is 0 Å². The van der Waals surface area contributed by atoms with Crippen LogP contribution in [0.3, 0.4) is 0 Å². The average molecular weight is 208 g/mol. The molecule has 0 saturated carbocycles. The summed E-state index contributed by atoms with van der Waals surface area (Å²) in [5, 5.41) is 3.33. The number of nitrogens with zero attached hydrogens (tertiary/aromatic N) is 3. The van der Waals surface area contributed by atoms with Gasteiger partial charge in [-0.25, -0.2) is 4.98 Å². The molecule has 1 aromatic heterocycles. The summed E-state index contributed by atoms with van der Waals surface area (Å²) < 4.78 is 2.11. The summed E-state index contributed by atoms with van der Waals surface area (Å²) in [5.41, 5.74) is 0. The van der Waals surface area contributed by atoms with E-state index in [9.17, 15) is 0 Å². The molecule has 1 aromatic rings. The van der Waals surface area contributed by atoms with E-state index >= 15 is 0 Å². The predicted molar refractivity (Wildman–Crippen MR) is 60.6 cm³/mol. The number of nitrogens with one attached hydrogen (secondary N) is 1. The third-order valence-corrected chi connectivity index (χ3v) is 3.05. The molecule has 4 nitrogen and oxygen atoms in total. The van der Waals surface area contributed by atoms with E-state index in [0.29, 0.717) is 6.04 Å². The van der Waals surface area contributed by atoms with E-state index in [-0.39, 0.29) is 0 Å². The fourth-order valence-corrected chi connectivity index (χ4v) is 1.94. The molecule has 4 heteroatoms. The maximum absolute atomic E-state index is 4.38. The maximum Gasteiger partial charge on any atom is 0.122 e. The van der Waals surface area contributed by atoms with Crippen molar-refractivity contribution in [2.45, 2.75) is 25.9 Å². The molecule has 2 heterocycles. The van der Waals surface area contributed by atoms with Crippen molar-refractivity contribution < 1.29 is 0 Å². The first kappa shape index (κ1) is 10.6. The Morgan fingerprint density at radius 1 is 1.60 bits per heavy atom. The molecule has 1 aliphatic rings. The molecular weight excluding hydrogens is 188 g/mol. The SMILES string of the molecule is CCCN(Cc1nccn1C)C1CNC1. The first-order valence-electron chi connectivity index (χ1n) is 5.72. The van der Waals surface area contributed by atoms with Gasteiger partial charge in [-0.3, -0.25) is 4.90 Å². The zero-order valence-electron chi connectivity index (χ0n) is 9.61. The Morgan fingerprint density at radius 2 is 2.40 bits per heavy atom. The van der Waals surface area contributed by atoms with E-state index in [1.807, 2.05) is 12.4 Å². The van der Waals surface area contributed by atoms with Gasteiger partial charge in [-0.15, -0.1) is 0 Å².